The van der Waals surface area contributed by atoms with Gasteiger partial charge in [-0.2, -0.15) is 9.97 Å². The van der Waals surface area contributed by atoms with E-state index >= 15 is 0 Å². The molecule has 7 nitrogen and oxygen atoms in total. The molecule has 7 heteroatoms. The maximum atomic E-state index is 6.02. The molecule has 0 unspecified atom stereocenters. The standard InChI is InChI=1S/C18H28N6O/c19-18-20-16(22-5-1-2-6-22)9-17(21-18)23-7-8-24-14(10-23)11-25-12-15(24)13-3-4-13/h9,13-15H,1-8,10-12H2,(H2,19,20,21)/t14-,15-/m1/s1. The van der Waals surface area contributed by atoms with E-state index in [4.69, 9.17) is 10.5 Å². The smallest absolute Gasteiger partial charge is 0.223 e. The zero-order valence-corrected chi connectivity index (χ0v) is 14.8. The van der Waals surface area contributed by atoms with Crippen LogP contribution in [0.1, 0.15) is 25.7 Å². The number of piperazine rings is 1. The Morgan fingerprint density at radius 1 is 0.960 bits per heavy atom. The lowest BCUT2D eigenvalue weighted by atomic mass is 10.0. The molecule has 1 aliphatic carbocycles. The Kier molecular flexibility index (Phi) is 3.93. The summed E-state index contributed by atoms with van der Waals surface area (Å²) < 4.78 is 5.93. The van der Waals surface area contributed by atoms with Gasteiger partial charge in [0.05, 0.1) is 19.3 Å². The van der Waals surface area contributed by atoms with Crippen molar-refractivity contribution in [2.75, 3.05) is 61.5 Å². The molecule has 4 aliphatic rings. The first-order valence-corrected chi connectivity index (χ1v) is 9.76. The summed E-state index contributed by atoms with van der Waals surface area (Å²) in [6, 6.07) is 3.23. The van der Waals surface area contributed by atoms with Crippen molar-refractivity contribution < 1.29 is 4.74 Å². The van der Waals surface area contributed by atoms with E-state index in [1.54, 1.807) is 0 Å². The molecule has 0 amide bonds. The predicted octanol–water partition coefficient (Wildman–Crippen LogP) is 0.958. The molecule has 0 spiro atoms. The average molecular weight is 344 g/mol. The quantitative estimate of drug-likeness (QED) is 0.876. The molecule has 0 radical (unpaired) electrons. The first-order chi connectivity index (χ1) is 12.3. The van der Waals surface area contributed by atoms with Crippen molar-refractivity contribution in [3.63, 3.8) is 0 Å². The maximum Gasteiger partial charge on any atom is 0.223 e. The minimum Gasteiger partial charge on any atom is -0.378 e. The van der Waals surface area contributed by atoms with Gasteiger partial charge in [-0.15, -0.1) is 0 Å². The lowest BCUT2D eigenvalue weighted by Crippen LogP contribution is -2.62. The van der Waals surface area contributed by atoms with Crippen LogP contribution in [0.3, 0.4) is 0 Å². The third kappa shape index (κ3) is 3.04. The topological polar surface area (TPSA) is 70.8 Å². The van der Waals surface area contributed by atoms with Gasteiger partial charge in [-0.3, -0.25) is 4.90 Å². The van der Waals surface area contributed by atoms with Crippen LogP contribution in [0.15, 0.2) is 6.07 Å². The summed E-state index contributed by atoms with van der Waals surface area (Å²) in [6.07, 6.45) is 5.23. The molecule has 3 aliphatic heterocycles. The highest BCUT2D eigenvalue weighted by Crippen LogP contribution is 2.38. The van der Waals surface area contributed by atoms with Crippen molar-refractivity contribution in [2.45, 2.75) is 37.8 Å². The predicted molar refractivity (Wildman–Crippen MR) is 97.9 cm³/mol. The molecule has 4 fully saturated rings. The molecule has 1 aromatic rings. The van der Waals surface area contributed by atoms with Gasteiger partial charge in [0.15, 0.2) is 0 Å². The summed E-state index contributed by atoms with van der Waals surface area (Å²) in [5.41, 5.74) is 6.02. The molecule has 4 heterocycles. The molecule has 25 heavy (non-hydrogen) atoms. The first kappa shape index (κ1) is 15.6. The molecule has 2 N–H and O–H groups in total. The number of anilines is 3. The lowest BCUT2D eigenvalue weighted by molar-refractivity contribution is -0.0603. The van der Waals surface area contributed by atoms with Crippen LogP contribution in [0, 0.1) is 5.92 Å². The van der Waals surface area contributed by atoms with Crippen molar-refractivity contribution in [1.82, 2.24) is 14.9 Å². The number of ether oxygens (including phenoxy) is 1. The summed E-state index contributed by atoms with van der Waals surface area (Å²) in [6.45, 7) is 6.97. The highest BCUT2D eigenvalue weighted by atomic mass is 16.5. The van der Waals surface area contributed by atoms with E-state index in [2.05, 4.69) is 30.7 Å². The van der Waals surface area contributed by atoms with Crippen LogP contribution in [-0.2, 0) is 4.74 Å². The van der Waals surface area contributed by atoms with E-state index in [0.717, 1.165) is 63.5 Å². The van der Waals surface area contributed by atoms with Gasteiger partial charge in [0, 0.05) is 44.8 Å². The van der Waals surface area contributed by atoms with Gasteiger partial charge >= 0.3 is 0 Å². The van der Waals surface area contributed by atoms with Crippen molar-refractivity contribution in [2.24, 2.45) is 5.92 Å². The molecule has 0 bridgehead atoms. The fraction of sp³-hybridized carbons (Fsp3) is 0.778. The number of nitrogens with zero attached hydrogens (tertiary/aromatic N) is 5. The largest absolute Gasteiger partial charge is 0.378 e. The second kappa shape index (κ2) is 6.29. The van der Waals surface area contributed by atoms with Gasteiger partial charge in [0.25, 0.3) is 0 Å². The van der Waals surface area contributed by atoms with E-state index in [-0.39, 0.29) is 0 Å². The fourth-order valence-electron chi connectivity index (χ4n) is 4.68. The second-order valence-corrected chi connectivity index (χ2v) is 7.92. The zero-order valence-electron chi connectivity index (χ0n) is 14.8. The van der Waals surface area contributed by atoms with Gasteiger partial charge in [-0.1, -0.05) is 0 Å². The number of hydrogen-bond acceptors (Lipinski definition) is 7. The van der Waals surface area contributed by atoms with Gasteiger partial charge in [-0.25, -0.2) is 0 Å². The molecule has 0 aromatic carbocycles. The fourth-order valence-corrected chi connectivity index (χ4v) is 4.68. The van der Waals surface area contributed by atoms with Crippen molar-refractivity contribution >= 4 is 17.6 Å². The Bertz CT molecular complexity index is 630. The normalized spacial score (nSPS) is 30.6. The number of rotatable bonds is 3. The minimum absolute atomic E-state index is 0.387. The highest BCUT2D eigenvalue weighted by Gasteiger charge is 2.43. The summed E-state index contributed by atoms with van der Waals surface area (Å²) in [5, 5.41) is 0. The summed E-state index contributed by atoms with van der Waals surface area (Å²) in [4.78, 5) is 16.4. The Morgan fingerprint density at radius 2 is 1.72 bits per heavy atom. The van der Waals surface area contributed by atoms with E-state index in [9.17, 15) is 0 Å². The van der Waals surface area contributed by atoms with Crippen molar-refractivity contribution in [1.29, 1.82) is 0 Å². The van der Waals surface area contributed by atoms with Crippen LogP contribution in [0.5, 0.6) is 0 Å². The van der Waals surface area contributed by atoms with Gasteiger partial charge in [-0.05, 0) is 31.6 Å². The number of nitrogens with two attached hydrogens (primary N) is 1. The number of nitrogen functional groups attached to an aromatic ring is 1. The van der Waals surface area contributed by atoms with Gasteiger partial charge in [0.2, 0.25) is 5.95 Å². The molecule has 1 aromatic heterocycles. The molecule has 3 saturated heterocycles. The Labute approximate surface area is 149 Å². The molecule has 5 rings (SSSR count). The monoisotopic (exact) mass is 344 g/mol. The van der Waals surface area contributed by atoms with Crippen LogP contribution in [0.4, 0.5) is 17.6 Å². The molecular formula is C18H28N6O. The summed E-state index contributed by atoms with van der Waals surface area (Å²) >= 11 is 0. The lowest BCUT2D eigenvalue weighted by Gasteiger charge is -2.48. The van der Waals surface area contributed by atoms with Crippen LogP contribution in [0.2, 0.25) is 0 Å². The van der Waals surface area contributed by atoms with Crippen LogP contribution in [0.25, 0.3) is 0 Å². The molecular weight excluding hydrogens is 316 g/mol. The Morgan fingerprint density at radius 3 is 2.48 bits per heavy atom. The molecule has 1 saturated carbocycles. The number of morpholine rings is 1. The van der Waals surface area contributed by atoms with Crippen molar-refractivity contribution in [3.8, 4) is 0 Å². The third-order valence-corrected chi connectivity index (χ3v) is 6.19. The van der Waals surface area contributed by atoms with Gasteiger partial charge in [0.1, 0.15) is 11.6 Å². The number of hydrogen-bond donors (Lipinski definition) is 1. The van der Waals surface area contributed by atoms with E-state index in [0.29, 0.717) is 18.0 Å². The average Bonchev–Trinajstić information content (AvgIpc) is 3.33. The molecule has 136 valence electrons. The highest BCUT2D eigenvalue weighted by molar-refractivity contribution is 5.54. The zero-order chi connectivity index (χ0) is 16.8. The molecule has 2 atom stereocenters. The van der Waals surface area contributed by atoms with Gasteiger partial charge < -0.3 is 20.3 Å². The van der Waals surface area contributed by atoms with E-state index in [1.807, 2.05) is 0 Å². The first-order valence-electron chi connectivity index (χ1n) is 9.76. The van der Waals surface area contributed by atoms with Crippen LogP contribution in [-0.4, -0.2) is 72.9 Å². The van der Waals surface area contributed by atoms with Crippen molar-refractivity contribution in [3.05, 3.63) is 6.07 Å². The summed E-state index contributed by atoms with van der Waals surface area (Å²) in [5.74, 6) is 3.21. The maximum absolute atomic E-state index is 6.02. The minimum atomic E-state index is 0.387. The number of aromatic nitrogens is 2. The van der Waals surface area contributed by atoms with Crippen LogP contribution >= 0.6 is 0 Å². The second-order valence-electron chi connectivity index (χ2n) is 7.92. The SMILES string of the molecule is Nc1nc(N2CCCC2)cc(N2CCN3[C@@H](COC[C@@H]3C3CC3)C2)n1. The van der Waals surface area contributed by atoms with Crippen LogP contribution < -0.4 is 15.5 Å². The Balaban J connectivity index is 1.34. The number of fused-ring (bicyclic) bond motifs is 1. The third-order valence-electron chi connectivity index (χ3n) is 6.19. The summed E-state index contributed by atoms with van der Waals surface area (Å²) in [7, 11) is 0. The van der Waals surface area contributed by atoms with E-state index in [1.165, 1.54) is 25.7 Å². The Hall–Kier alpha value is -1.60. The van der Waals surface area contributed by atoms with E-state index < -0.39 is 0 Å².